The normalized spacial score (nSPS) is 13.6. The van der Waals surface area contributed by atoms with Crippen LogP contribution in [-0.4, -0.2) is 6.04 Å². The quantitative estimate of drug-likeness (QED) is 0.708. The minimum atomic E-state index is 0.131. The number of aryl methyl sites for hydroxylation is 1. The van der Waals surface area contributed by atoms with Gasteiger partial charge in [-0.1, -0.05) is 42.0 Å². The molecule has 0 amide bonds. The number of hydrogen-bond acceptors (Lipinski definition) is 1. The zero-order valence-electron chi connectivity index (χ0n) is 7.62. The molecule has 2 N–H and O–H groups in total. The first kappa shape index (κ1) is 9.01. The van der Waals surface area contributed by atoms with Crippen LogP contribution in [0.2, 0.25) is 0 Å². The van der Waals surface area contributed by atoms with Gasteiger partial charge in [-0.2, -0.15) is 0 Å². The maximum Gasteiger partial charge on any atom is 0.0198 e. The highest BCUT2D eigenvalue weighted by atomic mass is 14.6. The molecule has 0 aliphatic heterocycles. The summed E-state index contributed by atoms with van der Waals surface area (Å²) in [6, 6.07) is 8.51. The van der Waals surface area contributed by atoms with Gasteiger partial charge in [0.2, 0.25) is 0 Å². The second-order valence-corrected chi connectivity index (χ2v) is 3.13. The van der Waals surface area contributed by atoms with Crippen LogP contribution >= 0.6 is 0 Å². The lowest BCUT2D eigenvalue weighted by Gasteiger charge is -1.96. The van der Waals surface area contributed by atoms with E-state index in [0.717, 1.165) is 0 Å². The van der Waals surface area contributed by atoms with Crippen LogP contribution in [0.3, 0.4) is 0 Å². The van der Waals surface area contributed by atoms with Gasteiger partial charge in [-0.15, -0.1) is 0 Å². The Morgan fingerprint density at radius 3 is 2.33 bits per heavy atom. The fraction of sp³-hybridized carbons (Fsp3) is 0.273. The van der Waals surface area contributed by atoms with Crippen molar-refractivity contribution < 1.29 is 0 Å². The maximum absolute atomic E-state index is 5.58. The second-order valence-electron chi connectivity index (χ2n) is 3.13. The summed E-state index contributed by atoms with van der Waals surface area (Å²) in [5.41, 5.74) is 8.07. The van der Waals surface area contributed by atoms with Crippen LogP contribution in [0.25, 0.3) is 6.08 Å². The lowest BCUT2D eigenvalue weighted by atomic mass is 10.1. The van der Waals surface area contributed by atoms with Gasteiger partial charge in [0, 0.05) is 6.04 Å². The summed E-state index contributed by atoms with van der Waals surface area (Å²) < 4.78 is 0. The van der Waals surface area contributed by atoms with Crippen molar-refractivity contribution >= 4 is 6.08 Å². The third-order valence-corrected chi connectivity index (χ3v) is 1.67. The van der Waals surface area contributed by atoms with Gasteiger partial charge in [0.15, 0.2) is 0 Å². The first-order valence-electron chi connectivity index (χ1n) is 4.19. The number of nitrogens with two attached hydrogens (primary N) is 1. The van der Waals surface area contributed by atoms with Crippen molar-refractivity contribution in [3.05, 3.63) is 41.5 Å². The fourth-order valence-electron chi connectivity index (χ4n) is 0.940. The van der Waals surface area contributed by atoms with Crippen LogP contribution < -0.4 is 5.73 Å². The summed E-state index contributed by atoms with van der Waals surface area (Å²) in [7, 11) is 0. The molecule has 0 radical (unpaired) electrons. The topological polar surface area (TPSA) is 26.0 Å². The van der Waals surface area contributed by atoms with Gasteiger partial charge in [-0.25, -0.2) is 0 Å². The van der Waals surface area contributed by atoms with Crippen molar-refractivity contribution in [2.75, 3.05) is 0 Å². The minimum absolute atomic E-state index is 0.131. The van der Waals surface area contributed by atoms with E-state index < -0.39 is 0 Å². The Labute approximate surface area is 73.9 Å². The van der Waals surface area contributed by atoms with Crippen LogP contribution in [0, 0.1) is 6.92 Å². The Morgan fingerprint density at radius 2 is 1.83 bits per heavy atom. The Balaban J connectivity index is 2.71. The van der Waals surface area contributed by atoms with Crippen LogP contribution in [-0.2, 0) is 0 Å². The molecule has 1 unspecified atom stereocenters. The third-order valence-electron chi connectivity index (χ3n) is 1.67. The Bertz CT molecular complexity index is 257. The van der Waals surface area contributed by atoms with Crippen molar-refractivity contribution in [2.45, 2.75) is 19.9 Å². The molecule has 1 heteroatoms. The summed E-state index contributed by atoms with van der Waals surface area (Å²) in [6.07, 6.45) is 4.04. The average Bonchev–Trinajstić information content (AvgIpc) is 2.03. The van der Waals surface area contributed by atoms with Crippen LogP contribution in [0.1, 0.15) is 18.1 Å². The molecule has 0 aromatic heterocycles. The van der Waals surface area contributed by atoms with Crippen molar-refractivity contribution in [3.63, 3.8) is 0 Å². The maximum atomic E-state index is 5.58. The molecule has 1 aromatic carbocycles. The van der Waals surface area contributed by atoms with E-state index in [-0.39, 0.29) is 6.04 Å². The number of hydrogen-bond donors (Lipinski definition) is 1. The molecule has 0 spiro atoms. The van der Waals surface area contributed by atoms with Crippen LogP contribution in [0.4, 0.5) is 0 Å². The van der Waals surface area contributed by atoms with E-state index in [1.165, 1.54) is 11.1 Å². The van der Waals surface area contributed by atoms with E-state index >= 15 is 0 Å². The summed E-state index contributed by atoms with van der Waals surface area (Å²) in [5.74, 6) is 0. The lowest BCUT2D eigenvalue weighted by Crippen LogP contribution is -2.09. The van der Waals surface area contributed by atoms with Gasteiger partial charge in [0.05, 0.1) is 0 Å². The van der Waals surface area contributed by atoms with Gasteiger partial charge in [0.25, 0.3) is 0 Å². The minimum Gasteiger partial charge on any atom is -0.325 e. The highest BCUT2D eigenvalue weighted by Crippen LogP contribution is 2.04. The smallest absolute Gasteiger partial charge is 0.0198 e. The Morgan fingerprint density at radius 1 is 1.25 bits per heavy atom. The molecule has 0 aliphatic carbocycles. The predicted molar refractivity (Wildman–Crippen MR) is 53.9 cm³/mol. The highest BCUT2D eigenvalue weighted by molar-refractivity contribution is 5.50. The SMILES string of the molecule is Cc1ccc(/C=C/C(C)N)cc1. The number of benzene rings is 1. The van der Waals surface area contributed by atoms with Crippen molar-refractivity contribution in [3.8, 4) is 0 Å². The summed E-state index contributed by atoms with van der Waals surface area (Å²) >= 11 is 0. The van der Waals surface area contributed by atoms with E-state index in [4.69, 9.17) is 5.73 Å². The first-order valence-corrected chi connectivity index (χ1v) is 4.19. The number of rotatable bonds is 2. The molecule has 0 aliphatic rings. The van der Waals surface area contributed by atoms with Gasteiger partial charge in [-0.3, -0.25) is 0 Å². The predicted octanol–water partition coefficient (Wildman–Crippen LogP) is 2.36. The van der Waals surface area contributed by atoms with Gasteiger partial charge >= 0.3 is 0 Å². The summed E-state index contributed by atoms with van der Waals surface area (Å²) in [4.78, 5) is 0. The van der Waals surface area contributed by atoms with Crippen LogP contribution in [0.15, 0.2) is 30.3 Å². The van der Waals surface area contributed by atoms with E-state index in [1.807, 2.05) is 19.1 Å². The highest BCUT2D eigenvalue weighted by Gasteiger charge is 1.87. The summed E-state index contributed by atoms with van der Waals surface area (Å²) in [5, 5.41) is 0. The van der Waals surface area contributed by atoms with Crippen molar-refractivity contribution in [2.24, 2.45) is 5.73 Å². The van der Waals surface area contributed by atoms with Gasteiger partial charge in [-0.05, 0) is 19.4 Å². The molecule has 0 bridgehead atoms. The van der Waals surface area contributed by atoms with E-state index in [1.54, 1.807) is 0 Å². The van der Waals surface area contributed by atoms with E-state index in [9.17, 15) is 0 Å². The molecule has 0 fully saturated rings. The van der Waals surface area contributed by atoms with Gasteiger partial charge < -0.3 is 5.73 Å². The third kappa shape index (κ3) is 2.89. The molecule has 1 rings (SSSR count). The van der Waals surface area contributed by atoms with Crippen LogP contribution in [0.5, 0.6) is 0 Å². The average molecular weight is 161 g/mol. The molecule has 1 aromatic rings. The van der Waals surface area contributed by atoms with Crippen molar-refractivity contribution in [1.82, 2.24) is 0 Å². The van der Waals surface area contributed by atoms with Crippen molar-refractivity contribution in [1.29, 1.82) is 0 Å². The zero-order chi connectivity index (χ0) is 8.97. The molecule has 1 nitrogen and oxygen atoms in total. The molecular formula is C11H15N. The lowest BCUT2D eigenvalue weighted by molar-refractivity contribution is 0.931. The standard InChI is InChI=1S/C11H15N/c1-9-3-6-11(7-4-9)8-5-10(2)12/h3-8,10H,12H2,1-2H3/b8-5+. The van der Waals surface area contributed by atoms with E-state index in [2.05, 4.69) is 31.2 Å². The summed E-state index contributed by atoms with van der Waals surface area (Å²) in [6.45, 7) is 4.05. The molecular weight excluding hydrogens is 146 g/mol. The largest absolute Gasteiger partial charge is 0.325 e. The molecule has 64 valence electrons. The zero-order valence-corrected chi connectivity index (χ0v) is 7.62. The Kier molecular flexibility index (Phi) is 3.06. The van der Waals surface area contributed by atoms with Gasteiger partial charge in [0.1, 0.15) is 0 Å². The molecule has 1 atom stereocenters. The molecule has 0 saturated heterocycles. The first-order chi connectivity index (χ1) is 5.68. The molecule has 0 saturated carbocycles. The molecule has 12 heavy (non-hydrogen) atoms. The fourth-order valence-corrected chi connectivity index (χ4v) is 0.940. The monoisotopic (exact) mass is 161 g/mol. The van der Waals surface area contributed by atoms with E-state index in [0.29, 0.717) is 0 Å². The molecule has 0 heterocycles. The Hall–Kier alpha value is -1.08. The second kappa shape index (κ2) is 4.07.